The molecule has 1 saturated heterocycles. The van der Waals surface area contributed by atoms with Gasteiger partial charge in [0.05, 0.1) is 11.5 Å². The highest BCUT2D eigenvalue weighted by Crippen LogP contribution is 2.16. The van der Waals surface area contributed by atoms with E-state index in [1.165, 1.54) is 5.56 Å². The molecule has 0 spiro atoms. The SMILES string of the molecule is Cc1ccc(CNc2nccc(NC3CCS(=O)(=O)C3)n2)cc1. The van der Waals surface area contributed by atoms with Gasteiger partial charge in [0.25, 0.3) is 0 Å². The van der Waals surface area contributed by atoms with Crippen LogP contribution >= 0.6 is 0 Å². The van der Waals surface area contributed by atoms with Gasteiger partial charge in [-0.05, 0) is 25.0 Å². The van der Waals surface area contributed by atoms with Crippen molar-refractivity contribution >= 4 is 21.6 Å². The molecule has 1 aromatic heterocycles. The maximum Gasteiger partial charge on any atom is 0.224 e. The molecule has 3 rings (SSSR count). The van der Waals surface area contributed by atoms with Gasteiger partial charge in [0.2, 0.25) is 5.95 Å². The number of aromatic nitrogens is 2. The Kier molecular flexibility index (Phi) is 4.47. The lowest BCUT2D eigenvalue weighted by Gasteiger charge is -2.12. The van der Waals surface area contributed by atoms with Crippen LogP contribution in [-0.4, -0.2) is 35.9 Å². The summed E-state index contributed by atoms with van der Waals surface area (Å²) < 4.78 is 23.0. The van der Waals surface area contributed by atoms with Gasteiger partial charge in [0.15, 0.2) is 9.84 Å². The third-order valence-electron chi connectivity index (χ3n) is 3.81. The van der Waals surface area contributed by atoms with Crippen molar-refractivity contribution in [3.05, 3.63) is 47.7 Å². The number of nitrogens with zero attached hydrogens (tertiary/aromatic N) is 2. The molecule has 23 heavy (non-hydrogen) atoms. The van der Waals surface area contributed by atoms with Crippen LogP contribution in [0.5, 0.6) is 0 Å². The minimum absolute atomic E-state index is 0.0696. The van der Waals surface area contributed by atoms with Crippen LogP contribution in [0.1, 0.15) is 17.5 Å². The predicted octanol–water partition coefficient (Wildman–Crippen LogP) is 2.00. The Labute approximate surface area is 136 Å². The zero-order valence-electron chi connectivity index (χ0n) is 13.0. The molecule has 2 heterocycles. The molecule has 0 aliphatic carbocycles. The first-order valence-corrected chi connectivity index (χ1v) is 9.42. The second-order valence-corrected chi connectivity index (χ2v) is 8.08. The van der Waals surface area contributed by atoms with E-state index in [0.29, 0.717) is 24.7 Å². The molecule has 2 N–H and O–H groups in total. The fraction of sp³-hybridized carbons (Fsp3) is 0.375. The average molecular weight is 332 g/mol. The molecule has 1 fully saturated rings. The van der Waals surface area contributed by atoms with Crippen LogP contribution in [0.3, 0.4) is 0 Å². The van der Waals surface area contributed by atoms with Gasteiger partial charge < -0.3 is 10.6 Å². The normalized spacial score (nSPS) is 19.4. The number of nitrogens with one attached hydrogen (secondary N) is 2. The first kappa shape index (κ1) is 15.7. The fourth-order valence-electron chi connectivity index (χ4n) is 2.53. The van der Waals surface area contributed by atoms with Crippen molar-refractivity contribution in [1.29, 1.82) is 0 Å². The smallest absolute Gasteiger partial charge is 0.224 e. The molecule has 1 aliphatic rings. The average Bonchev–Trinajstić information content (AvgIpc) is 2.86. The first-order chi connectivity index (χ1) is 11.0. The third-order valence-corrected chi connectivity index (χ3v) is 5.58. The number of rotatable bonds is 5. The maximum atomic E-state index is 11.5. The van der Waals surface area contributed by atoms with Crippen LogP contribution in [-0.2, 0) is 16.4 Å². The van der Waals surface area contributed by atoms with Gasteiger partial charge in [-0.3, -0.25) is 0 Å². The minimum atomic E-state index is -2.90. The van der Waals surface area contributed by atoms with Gasteiger partial charge in [-0.25, -0.2) is 13.4 Å². The van der Waals surface area contributed by atoms with Crippen LogP contribution in [0.25, 0.3) is 0 Å². The van der Waals surface area contributed by atoms with Crippen LogP contribution in [0, 0.1) is 6.92 Å². The highest BCUT2D eigenvalue weighted by atomic mass is 32.2. The van der Waals surface area contributed by atoms with Crippen molar-refractivity contribution in [3.63, 3.8) is 0 Å². The lowest BCUT2D eigenvalue weighted by atomic mass is 10.1. The van der Waals surface area contributed by atoms with Crippen LogP contribution in [0.4, 0.5) is 11.8 Å². The molecule has 1 unspecified atom stereocenters. The maximum absolute atomic E-state index is 11.5. The molecule has 122 valence electrons. The molecule has 6 nitrogen and oxygen atoms in total. The Morgan fingerprint density at radius 3 is 2.70 bits per heavy atom. The number of hydrogen-bond donors (Lipinski definition) is 2. The Morgan fingerprint density at radius 1 is 1.22 bits per heavy atom. The van der Waals surface area contributed by atoms with Crippen molar-refractivity contribution in [1.82, 2.24) is 9.97 Å². The van der Waals surface area contributed by atoms with Gasteiger partial charge in [-0.1, -0.05) is 29.8 Å². The van der Waals surface area contributed by atoms with E-state index in [0.717, 1.165) is 5.56 Å². The van der Waals surface area contributed by atoms with Crippen molar-refractivity contribution in [3.8, 4) is 0 Å². The highest BCUT2D eigenvalue weighted by Gasteiger charge is 2.27. The van der Waals surface area contributed by atoms with Crippen LogP contribution in [0.15, 0.2) is 36.5 Å². The Balaban J connectivity index is 1.60. The lowest BCUT2D eigenvalue weighted by Crippen LogP contribution is -2.21. The van der Waals surface area contributed by atoms with Crippen molar-refractivity contribution in [2.75, 3.05) is 22.1 Å². The molecule has 2 aromatic rings. The third kappa shape index (κ3) is 4.41. The van der Waals surface area contributed by atoms with Crippen molar-refractivity contribution < 1.29 is 8.42 Å². The number of hydrogen-bond acceptors (Lipinski definition) is 6. The molecule has 1 aliphatic heterocycles. The molecule has 1 aromatic carbocycles. The summed E-state index contributed by atoms with van der Waals surface area (Å²) in [5.41, 5.74) is 2.38. The highest BCUT2D eigenvalue weighted by molar-refractivity contribution is 7.91. The van der Waals surface area contributed by atoms with E-state index in [4.69, 9.17) is 0 Å². The zero-order chi connectivity index (χ0) is 16.3. The fourth-order valence-corrected chi connectivity index (χ4v) is 4.20. The van der Waals surface area contributed by atoms with E-state index in [1.54, 1.807) is 12.3 Å². The molecular formula is C16H20N4O2S. The van der Waals surface area contributed by atoms with E-state index in [-0.39, 0.29) is 17.5 Å². The molecule has 0 saturated carbocycles. The Bertz CT molecular complexity index is 775. The summed E-state index contributed by atoms with van der Waals surface area (Å²) in [6.45, 7) is 2.69. The molecule has 0 bridgehead atoms. The largest absolute Gasteiger partial charge is 0.366 e. The van der Waals surface area contributed by atoms with Gasteiger partial charge in [0.1, 0.15) is 5.82 Å². The van der Waals surface area contributed by atoms with Gasteiger partial charge in [0, 0.05) is 18.8 Å². The van der Waals surface area contributed by atoms with Crippen molar-refractivity contribution in [2.45, 2.75) is 25.9 Å². The number of anilines is 2. The summed E-state index contributed by atoms with van der Waals surface area (Å²) in [5, 5.41) is 6.35. The number of sulfone groups is 1. The first-order valence-electron chi connectivity index (χ1n) is 7.60. The zero-order valence-corrected chi connectivity index (χ0v) is 13.8. The topological polar surface area (TPSA) is 84.0 Å². The summed E-state index contributed by atoms with van der Waals surface area (Å²) in [6, 6.07) is 9.94. The van der Waals surface area contributed by atoms with Gasteiger partial charge in [-0.15, -0.1) is 0 Å². The van der Waals surface area contributed by atoms with E-state index in [1.807, 2.05) is 0 Å². The summed E-state index contributed by atoms with van der Waals surface area (Å²) >= 11 is 0. The van der Waals surface area contributed by atoms with E-state index >= 15 is 0 Å². The summed E-state index contributed by atoms with van der Waals surface area (Å²) in [4.78, 5) is 8.58. The van der Waals surface area contributed by atoms with E-state index < -0.39 is 9.84 Å². The molecule has 1 atom stereocenters. The second-order valence-electron chi connectivity index (χ2n) is 5.85. The van der Waals surface area contributed by atoms with Crippen LogP contribution < -0.4 is 10.6 Å². The number of aryl methyl sites for hydroxylation is 1. The summed E-state index contributed by atoms with van der Waals surface area (Å²) in [7, 11) is -2.90. The van der Waals surface area contributed by atoms with Crippen LogP contribution in [0.2, 0.25) is 0 Å². The predicted molar refractivity (Wildman–Crippen MR) is 91.2 cm³/mol. The van der Waals surface area contributed by atoms with Gasteiger partial charge in [-0.2, -0.15) is 4.98 Å². The summed E-state index contributed by atoms with van der Waals surface area (Å²) in [5.74, 6) is 1.59. The Morgan fingerprint density at radius 2 is 2.00 bits per heavy atom. The number of benzene rings is 1. The van der Waals surface area contributed by atoms with Crippen molar-refractivity contribution in [2.24, 2.45) is 0 Å². The standard InChI is InChI=1S/C16H20N4O2S/c1-12-2-4-13(5-3-12)10-18-16-17-8-6-15(20-16)19-14-7-9-23(21,22)11-14/h2-6,8,14H,7,9-11H2,1H3,(H2,17,18,19,20). The summed E-state index contributed by atoms with van der Waals surface area (Å²) in [6.07, 6.45) is 2.29. The second kappa shape index (κ2) is 6.54. The van der Waals surface area contributed by atoms with E-state index in [2.05, 4.69) is 51.8 Å². The van der Waals surface area contributed by atoms with Gasteiger partial charge >= 0.3 is 0 Å². The molecular weight excluding hydrogens is 312 g/mol. The molecule has 0 radical (unpaired) electrons. The lowest BCUT2D eigenvalue weighted by molar-refractivity contribution is 0.602. The Hall–Kier alpha value is -2.15. The molecule has 0 amide bonds. The monoisotopic (exact) mass is 332 g/mol. The quantitative estimate of drug-likeness (QED) is 0.871. The van der Waals surface area contributed by atoms with E-state index in [9.17, 15) is 8.42 Å². The molecule has 7 heteroatoms. The minimum Gasteiger partial charge on any atom is -0.366 e.